The molecule has 0 aromatic carbocycles. The standard InChI is InChI=1S/C5H15NO2S2/c1-6(9(2,3)4)10(5,7)8/h1-5H3. The molecule has 0 saturated carbocycles. The van der Waals surface area contributed by atoms with Gasteiger partial charge in [0.1, 0.15) is 0 Å². The van der Waals surface area contributed by atoms with Crippen molar-refractivity contribution in [3.05, 3.63) is 0 Å². The first-order valence-corrected chi connectivity index (χ1v) is 7.44. The number of nitrogens with zero attached hydrogens (tertiary/aromatic N) is 1. The highest BCUT2D eigenvalue weighted by atomic mass is 32.3. The van der Waals surface area contributed by atoms with E-state index in [1.807, 2.05) is 18.8 Å². The summed E-state index contributed by atoms with van der Waals surface area (Å²) in [6, 6.07) is 0. The number of hydrogen-bond acceptors (Lipinski definition) is 2. The fourth-order valence-electron chi connectivity index (χ4n) is 0.406. The Morgan fingerprint density at radius 1 is 1.00 bits per heavy atom. The number of rotatable bonds is 2. The fraction of sp³-hybridized carbons (Fsp3) is 1.00. The smallest absolute Gasteiger partial charge is 0.212 e. The van der Waals surface area contributed by atoms with E-state index in [9.17, 15) is 8.42 Å². The molecule has 0 bridgehead atoms. The molecule has 0 spiro atoms. The van der Waals surface area contributed by atoms with Crippen LogP contribution >= 0.6 is 10.2 Å². The van der Waals surface area contributed by atoms with Crippen molar-refractivity contribution < 1.29 is 8.42 Å². The molecule has 0 atom stereocenters. The summed E-state index contributed by atoms with van der Waals surface area (Å²) in [6.07, 6.45) is 7.04. The van der Waals surface area contributed by atoms with E-state index in [1.54, 1.807) is 7.05 Å². The summed E-state index contributed by atoms with van der Waals surface area (Å²) in [7, 11) is -2.49. The summed E-state index contributed by atoms with van der Waals surface area (Å²) in [5.74, 6) is 0. The molecule has 0 aromatic heterocycles. The lowest BCUT2D eigenvalue weighted by atomic mass is 11.6. The van der Waals surface area contributed by atoms with Gasteiger partial charge in [-0.15, -0.1) is 0 Å². The van der Waals surface area contributed by atoms with Gasteiger partial charge in [0.05, 0.1) is 6.26 Å². The van der Waals surface area contributed by atoms with E-state index in [0.717, 1.165) is 0 Å². The first-order chi connectivity index (χ1) is 4.15. The van der Waals surface area contributed by atoms with Crippen LogP contribution in [0.15, 0.2) is 0 Å². The predicted molar refractivity (Wildman–Crippen MR) is 48.0 cm³/mol. The average molecular weight is 185 g/mol. The minimum atomic E-state index is -2.99. The van der Waals surface area contributed by atoms with Gasteiger partial charge in [-0.05, 0) is 18.8 Å². The van der Waals surface area contributed by atoms with Crippen LogP contribution in [0.3, 0.4) is 0 Å². The SMILES string of the molecule is CN(S(C)(C)C)S(C)(=O)=O. The molecule has 0 aliphatic carbocycles. The molecule has 0 fully saturated rings. The largest absolute Gasteiger partial charge is 0.218 e. The van der Waals surface area contributed by atoms with Crippen molar-refractivity contribution in [2.45, 2.75) is 0 Å². The van der Waals surface area contributed by atoms with Crippen LogP contribution < -0.4 is 0 Å². The van der Waals surface area contributed by atoms with Crippen LogP contribution in [0.5, 0.6) is 0 Å². The molecule has 64 valence electrons. The molecule has 10 heavy (non-hydrogen) atoms. The molecule has 0 rings (SSSR count). The monoisotopic (exact) mass is 185 g/mol. The summed E-state index contributed by atoms with van der Waals surface area (Å²) in [6.45, 7) is 0. The van der Waals surface area contributed by atoms with Crippen molar-refractivity contribution in [1.82, 2.24) is 3.71 Å². The maximum absolute atomic E-state index is 10.9. The van der Waals surface area contributed by atoms with Gasteiger partial charge in [-0.1, -0.05) is 0 Å². The second kappa shape index (κ2) is 2.71. The van der Waals surface area contributed by atoms with Crippen molar-refractivity contribution in [2.75, 3.05) is 32.1 Å². The summed E-state index contributed by atoms with van der Waals surface area (Å²) < 4.78 is 23.3. The third-order valence-electron chi connectivity index (χ3n) is 1.24. The maximum atomic E-state index is 10.9. The number of sulfonamides is 1. The van der Waals surface area contributed by atoms with E-state index in [-0.39, 0.29) is 0 Å². The minimum absolute atomic E-state index is 1.12. The highest BCUT2D eigenvalue weighted by molar-refractivity contribution is 8.34. The minimum Gasteiger partial charge on any atom is -0.212 e. The lowest BCUT2D eigenvalue weighted by Crippen LogP contribution is -2.27. The molecule has 0 N–H and O–H groups in total. The van der Waals surface area contributed by atoms with Crippen LogP contribution in [0.2, 0.25) is 0 Å². The molecular formula is C5H15NO2S2. The predicted octanol–water partition coefficient (Wildman–Crippen LogP) is 0.487. The molecule has 3 nitrogen and oxygen atoms in total. The maximum Gasteiger partial charge on any atom is 0.218 e. The van der Waals surface area contributed by atoms with Gasteiger partial charge in [0, 0.05) is 7.05 Å². The normalized spacial score (nSPS) is 15.8. The Morgan fingerprint density at radius 3 is 1.30 bits per heavy atom. The van der Waals surface area contributed by atoms with Gasteiger partial charge in [-0.25, -0.2) is 8.42 Å². The zero-order chi connectivity index (χ0) is 8.58. The van der Waals surface area contributed by atoms with Gasteiger partial charge in [-0.3, -0.25) is 0 Å². The van der Waals surface area contributed by atoms with Gasteiger partial charge in [0.2, 0.25) is 10.0 Å². The highest BCUT2D eigenvalue weighted by Gasteiger charge is 2.20. The third-order valence-corrected chi connectivity index (χ3v) is 5.87. The molecule has 0 amide bonds. The van der Waals surface area contributed by atoms with Gasteiger partial charge in [-0.2, -0.15) is 13.9 Å². The molecule has 5 heteroatoms. The molecule has 0 unspecified atom stereocenters. The van der Waals surface area contributed by atoms with E-state index >= 15 is 0 Å². The zero-order valence-corrected chi connectivity index (χ0v) is 8.71. The summed E-state index contributed by atoms with van der Waals surface area (Å²) in [5, 5.41) is 0. The number of hydrogen-bond donors (Lipinski definition) is 0. The lowest BCUT2D eigenvalue weighted by molar-refractivity contribution is 0.569. The Hall–Kier alpha value is 0.260. The van der Waals surface area contributed by atoms with Gasteiger partial charge in [0.15, 0.2) is 0 Å². The topological polar surface area (TPSA) is 37.4 Å². The Kier molecular flexibility index (Phi) is 2.78. The lowest BCUT2D eigenvalue weighted by Gasteiger charge is -2.34. The van der Waals surface area contributed by atoms with Crippen LogP contribution in [-0.4, -0.2) is 44.2 Å². The summed E-state index contributed by atoms with van der Waals surface area (Å²) in [5.41, 5.74) is 0. The quantitative estimate of drug-likeness (QED) is 0.628. The first kappa shape index (κ1) is 10.3. The average Bonchev–Trinajstić information content (AvgIpc) is 1.59. The van der Waals surface area contributed by atoms with Gasteiger partial charge < -0.3 is 0 Å². The second-order valence-corrected chi connectivity index (χ2v) is 9.28. The molecule has 0 aromatic rings. The van der Waals surface area contributed by atoms with Crippen LogP contribution in [0.25, 0.3) is 0 Å². The fourth-order valence-corrected chi connectivity index (χ4v) is 3.66. The van der Waals surface area contributed by atoms with Crippen molar-refractivity contribution in [3.63, 3.8) is 0 Å². The highest BCUT2D eigenvalue weighted by Crippen LogP contribution is 2.39. The second-order valence-electron chi connectivity index (χ2n) is 2.95. The Morgan fingerprint density at radius 2 is 1.30 bits per heavy atom. The Labute approximate surface area is 64.9 Å². The van der Waals surface area contributed by atoms with E-state index in [0.29, 0.717) is 0 Å². The van der Waals surface area contributed by atoms with E-state index in [2.05, 4.69) is 0 Å². The molecule has 0 aliphatic rings. The molecular weight excluding hydrogens is 170 g/mol. The van der Waals surface area contributed by atoms with E-state index in [1.165, 1.54) is 9.97 Å². The van der Waals surface area contributed by atoms with Crippen LogP contribution in [0.1, 0.15) is 0 Å². The van der Waals surface area contributed by atoms with Crippen molar-refractivity contribution >= 4 is 20.2 Å². The third kappa shape index (κ3) is 2.90. The van der Waals surface area contributed by atoms with E-state index in [4.69, 9.17) is 0 Å². The first-order valence-electron chi connectivity index (χ1n) is 2.78. The Bertz CT molecular complexity index is 202. The van der Waals surface area contributed by atoms with Crippen LogP contribution in [-0.2, 0) is 10.0 Å². The van der Waals surface area contributed by atoms with E-state index < -0.39 is 20.2 Å². The summed E-state index contributed by atoms with van der Waals surface area (Å²) >= 11 is 0. The molecule has 0 radical (unpaired) electrons. The van der Waals surface area contributed by atoms with Gasteiger partial charge >= 0.3 is 0 Å². The molecule has 0 saturated heterocycles. The van der Waals surface area contributed by atoms with Crippen molar-refractivity contribution in [2.24, 2.45) is 0 Å². The Balaban J connectivity index is 4.56. The van der Waals surface area contributed by atoms with Gasteiger partial charge in [0.25, 0.3) is 0 Å². The molecule has 0 heterocycles. The zero-order valence-electron chi connectivity index (χ0n) is 7.08. The van der Waals surface area contributed by atoms with Crippen molar-refractivity contribution in [1.29, 1.82) is 0 Å². The molecule has 0 aliphatic heterocycles. The summed E-state index contributed by atoms with van der Waals surface area (Å²) in [4.78, 5) is 0. The van der Waals surface area contributed by atoms with Crippen LogP contribution in [0.4, 0.5) is 0 Å². The van der Waals surface area contributed by atoms with Crippen molar-refractivity contribution in [3.8, 4) is 0 Å². The van der Waals surface area contributed by atoms with Crippen LogP contribution in [0, 0.1) is 0 Å².